The first kappa shape index (κ1) is 46.8. The molecular weight excluding hydrogens is 945 g/mol. The van der Waals surface area contributed by atoms with E-state index in [9.17, 15) is 35.9 Å². The van der Waals surface area contributed by atoms with Crippen LogP contribution in [-0.2, 0) is 30.1 Å². The van der Waals surface area contributed by atoms with Crippen LogP contribution < -0.4 is 26.4 Å². The summed E-state index contributed by atoms with van der Waals surface area (Å²) in [7, 11) is 0.975. The van der Waals surface area contributed by atoms with Crippen molar-refractivity contribution in [1.82, 2.24) is 9.80 Å². The van der Waals surface area contributed by atoms with Crippen LogP contribution in [0.25, 0.3) is 11.1 Å². The Hall–Kier alpha value is -5.68. The summed E-state index contributed by atoms with van der Waals surface area (Å²) in [5.74, 6) is -6.42. The molecule has 2 amide bonds. The molecule has 0 aromatic heterocycles. The predicted molar refractivity (Wildman–Crippen MR) is 230 cm³/mol. The van der Waals surface area contributed by atoms with Gasteiger partial charge in [-0.15, -0.1) is 0 Å². The fraction of sp³-hybridized carbons (Fsp3) is 0.364. The summed E-state index contributed by atoms with van der Waals surface area (Å²) in [6.45, 7) is 2.10. The van der Waals surface area contributed by atoms with Crippen LogP contribution >= 0.6 is 15.9 Å². The Kier molecular flexibility index (Phi) is 12.4. The number of aliphatic imine (C=N–C) groups is 2. The molecule has 2 saturated heterocycles. The summed E-state index contributed by atoms with van der Waals surface area (Å²) >= 11 is 3.47. The number of likely N-dealkylation sites (N-methyl/N-ethyl adjacent to an activating group) is 2. The molecule has 2 fully saturated rings. The second-order valence-corrected chi connectivity index (χ2v) is 17.8. The zero-order chi connectivity index (χ0) is 47.5. The number of amides is 2. The van der Waals surface area contributed by atoms with Crippen LogP contribution in [-0.4, -0.2) is 102 Å². The van der Waals surface area contributed by atoms with Gasteiger partial charge in [0.1, 0.15) is 34.3 Å². The highest BCUT2D eigenvalue weighted by molar-refractivity contribution is 9.10. The highest BCUT2D eigenvalue weighted by Gasteiger charge is 2.60. The lowest BCUT2D eigenvalue weighted by atomic mass is 9.74. The second kappa shape index (κ2) is 17.5. The molecule has 4 atom stereocenters. The Morgan fingerprint density at radius 1 is 0.682 bits per heavy atom. The van der Waals surface area contributed by atoms with Crippen LogP contribution in [0.15, 0.2) is 75.1 Å². The van der Waals surface area contributed by atoms with Crippen LogP contribution in [0.1, 0.15) is 49.7 Å². The van der Waals surface area contributed by atoms with Crippen molar-refractivity contribution >= 4 is 52.2 Å². The monoisotopic (exact) mass is 986 g/mol. The van der Waals surface area contributed by atoms with Crippen molar-refractivity contribution in [2.45, 2.75) is 60.8 Å². The molecule has 4 aromatic rings. The third-order valence-corrected chi connectivity index (χ3v) is 12.9. The van der Waals surface area contributed by atoms with Gasteiger partial charge in [-0.2, -0.15) is 0 Å². The molecule has 0 bridgehead atoms. The molecule has 4 unspecified atom stereocenters. The standard InChI is InChI=1S/C22H20F3N3O3.C16H18BrN3O3.C6H4BF3O2/c1-28-19(29)22(27-20(28)26)10-21(5-2-6-30-11-21)31-17-4-3-12(7-15(17)22)14-8-13(23)9-16(24)18(14)25;1-20-13(21)16(19-14(20)18)8-15(5-2-6-22-9-15)23-12-4-3-10(17)7-11(12)16;8-3-1-4(7(11)12)6(10)5(9)2-3/h3-4,7-9H,2,5-6,10-11H2,1H3,(H2,26,27);3-4,7H,2,5-6,8-9H2,1H3,(H2,18,19);1-2,11-12H. The lowest BCUT2D eigenvalue weighted by molar-refractivity contribution is -0.139. The largest absolute Gasteiger partial charge is 0.491 e. The van der Waals surface area contributed by atoms with E-state index in [-0.39, 0.29) is 41.3 Å². The van der Waals surface area contributed by atoms with Gasteiger partial charge in [0, 0.05) is 78.9 Å². The Morgan fingerprint density at radius 3 is 1.64 bits per heavy atom. The highest BCUT2D eigenvalue weighted by Crippen LogP contribution is 2.53. The van der Waals surface area contributed by atoms with Gasteiger partial charge in [-0.05, 0) is 73.7 Å². The van der Waals surface area contributed by atoms with Crippen LogP contribution in [0, 0.1) is 34.9 Å². The maximum Gasteiger partial charge on any atom is 0.491 e. The van der Waals surface area contributed by atoms with Gasteiger partial charge in [0.25, 0.3) is 11.8 Å². The number of hydrogen-bond acceptors (Lipinski definition) is 12. The first-order valence-electron chi connectivity index (χ1n) is 20.6. The van der Waals surface area contributed by atoms with E-state index >= 15 is 0 Å². The van der Waals surface area contributed by atoms with Crippen LogP contribution in [0.3, 0.4) is 0 Å². The van der Waals surface area contributed by atoms with Gasteiger partial charge >= 0.3 is 7.12 Å². The molecule has 4 spiro atoms. The third kappa shape index (κ3) is 8.26. The van der Waals surface area contributed by atoms with Crippen molar-refractivity contribution in [3.63, 3.8) is 0 Å². The van der Waals surface area contributed by atoms with E-state index in [0.717, 1.165) is 42.0 Å². The van der Waals surface area contributed by atoms with Gasteiger partial charge < -0.3 is 40.5 Å². The number of halogens is 7. The summed E-state index contributed by atoms with van der Waals surface area (Å²) in [5.41, 5.74) is 8.53. The minimum atomic E-state index is -2.21. The lowest BCUT2D eigenvalue weighted by Crippen LogP contribution is -2.55. The van der Waals surface area contributed by atoms with E-state index in [1.54, 1.807) is 13.1 Å². The molecule has 0 saturated carbocycles. The number of ether oxygens (including phenoxy) is 4. The average Bonchev–Trinajstić information content (AvgIpc) is 3.62. The van der Waals surface area contributed by atoms with Gasteiger partial charge in [0.05, 0.1) is 13.2 Å². The van der Waals surface area contributed by atoms with Gasteiger partial charge in [-0.25, -0.2) is 36.3 Å². The van der Waals surface area contributed by atoms with Crippen molar-refractivity contribution in [2.75, 3.05) is 40.5 Å². The average molecular weight is 988 g/mol. The Labute approximate surface area is 382 Å². The molecule has 0 radical (unpaired) electrons. The van der Waals surface area contributed by atoms with Crippen molar-refractivity contribution in [1.29, 1.82) is 0 Å². The van der Waals surface area contributed by atoms with Crippen molar-refractivity contribution in [3.05, 3.63) is 111 Å². The SMILES string of the molecule is CN1C(=O)C2(CC3(CCCOC3)Oc3ccc(-c4cc(F)cc(F)c4F)cc32)N=C1N.CN1C(=O)C2(CC3(CCCOC3)Oc3ccc(Br)cc32)N=C1N.OB(O)c1cc(F)cc(F)c1F. The van der Waals surface area contributed by atoms with Crippen LogP contribution in [0.4, 0.5) is 26.3 Å². The fourth-order valence-electron chi connectivity index (χ4n) is 9.29. The molecule has 14 nitrogen and oxygen atoms in total. The summed E-state index contributed by atoms with van der Waals surface area (Å²) in [6, 6.07) is 12.5. The minimum absolute atomic E-state index is 0.0538. The molecule has 6 N–H and O–H groups in total. The fourth-order valence-corrected chi connectivity index (χ4v) is 9.65. The number of rotatable bonds is 2. The van der Waals surface area contributed by atoms with Crippen molar-refractivity contribution < 1.29 is 64.9 Å². The second-order valence-electron chi connectivity index (χ2n) is 16.9. The molecule has 4 aromatic carbocycles. The number of fused-ring (bicyclic) bond motifs is 4. The predicted octanol–water partition coefficient (Wildman–Crippen LogP) is 4.63. The van der Waals surface area contributed by atoms with Gasteiger partial charge in [-0.1, -0.05) is 22.0 Å². The third-order valence-electron chi connectivity index (χ3n) is 12.4. The van der Waals surface area contributed by atoms with E-state index in [2.05, 4.69) is 25.9 Å². The maximum atomic E-state index is 14.4. The number of carbonyl (C=O) groups is 2. The molecule has 6 heterocycles. The van der Waals surface area contributed by atoms with Gasteiger partial charge in [-0.3, -0.25) is 19.4 Å². The number of benzene rings is 4. The Balaban J connectivity index is 0.000000148. The van der Waals surface area contributed by atoms with E-state index in [1.807, 2.05) is 18.2 Å². The number of guanidine groups is 2. The highest BCUT2D eigenvalue weighted by atomic mass is 79.9. The summed E-state index contributed by atoms with van der Waals surface area (Å²) < 4.78 is 104. The number of nitrogens with two attached hydrogens (primary N) is 2. The van der Waals surface area contributed by atoms with Crippen molar-refractivity contribution in [2.24, 2.45) is 21.5 Å². The molecule has 6 aliphatic heterocycles. The molecule has 10 rings (SSSR count). The normalized spacial score (nSPS) is 26.2. The van der Waals surface area contributed by atoms with E-state index in [4.69, 9.17) is 40.5 Å². The summed E-state index contributed by atoms with van der Waals surface area (Å²) in [4.78, 5) is 38.2. The Morgan fingerprint density at radius 2 is 1.17 bits per heavy atom. The number of carbonyl (C=O) groups excluding carboxylic acids is 2. The first-order valence-corrected chi connectivity index (χ1v) is 21.4. The van der Waals surface area contributed by atoms with Crippen molar-refractivity contribution in [3.8, 4) is 22.6 Å². The smallest absolute Gasteiger partial charge is 0.484 e. The van der Waals surface area contributed by atoms with E-state index in [1.165, 1.54) is 29.0 Å². The Bertz CT molecular complexity index is 2690. The molecule has 348 valence electrons. The molecule has 22 heteroatoms. The van der Waals surface area contributed by atoms with Crippen LogP contribution in [0.5, 0.6) is 11.5 Å². The minimum Gasteiger partial charge on any atom is -0.484 e. The zero-order valence-electron chi connectivity index (χ0n) is 35.4. The maximum absolute atomic E-state index is 14.4. The van der Waals surface area contributed by atoms with Gasteiger partial charge in [0.15, 0.2) is 46.3 Å². The molecule has 6 aliphatic rings. The zero-order valence-corrected chi connectivity index (χ0v) is 36.9. The van der Waals surface area contributed by atoms with E-state index < -0.39 is 69.8 Å². The molecular formula is C44H42BBrF6N6O8. The first-order chi connectivity index (χ1) is 31.2. The summed E-state index contributed by atoms with van der Waals surface area (Å²) in [5, 5.41) is 16.9. The summed E-state index contributed by atoms with van der Waals surface area (Å²) in [6.07, 6.45) is 3.84. The van der Waals surface area contributed by atoms with E-state index in [0.29, 0.717) is 67.9 Å². The van der Waals surface area contributed by atoms with Crippen LogP contribution in [0.2, 0.25) is 0 Å². The lowest BCUT2D eigenvalue weighted by Gasteiger charge is -2.46. The molecule has 66 heavy (non-hydrogen) atoms. The number of nitrogens with zero attached hydrogens (tertiary/aromatic N) is 4. The quantitative estimate of drug-likeness (QED) is 0.125. The van der Waals surface area contributed by atoms with Gasteiger partial charge in [0.2, 0.25) is 0 Å². The topological polar surface area (TPSA) is 195 Å². The molecule has 0 aliphatic carbocycles. The number of hydrogen-bond donors (Lipinski definition) is 4.